The number of phenols is 1. The maximum absolute atomic E-state index is 9.87. The van der Waals surface area contributed by atoms with Gasteiger partial charge in [0, 0.05) is 11.1 Å². The molecule has 14 heavy (non-hydrogen) atoms. The molecule has 0 aromatic heterocycles. The lowest BCUT2D eigenvalue weighted by atomic mass is 10.0. The van der Waals surface area contributed by atoms with Crippen LogP contribution >= 0.6 is 0 Å². The maximum atomic E-state index is 9.87. The van der Waals surface area contributed by atoms with Crippen molar-refractivity contribution < 1.29 is 14.9 Å². The highest BCUT2D eigenvalue weighted by atomic mass is 16.5. The molecule has 2 N–H and O–H groups in total. The van der Waals surface area contributed by atoms with E-state index in [1.165, 1.54) is 0 Å². The minimum absolute atomic E-state index is 0.157. The molecule has 3 nitrogen and oxygen atoms in total. The van der Waals surface area contributed by atoms with Gasteiger partial charge in [-0.3, -0.25) is 0 Å². The van der Waals surface area contributed by atoms with E-state index < -0.39 is 5.60 Å². The molecule has 2 rings (SSSR count). The number of aromatic hydroxyl groups is 1. The molecule has 1 aromatic carbocycles. The van der Waals surface area contributed by atoms with Crippen molar-refractivity contribution >= 4 is 0 Å². The number of methoxy groups -OCH3 is 1. The van der Waals surface area contributed by atoms with E-state index in [1.807, 2.05) is 0 Å². The summed E-state index contributed by atoms with van der Waals surface area (Å²) in [5.74, 6) is 0.805. The molecule has 0 amide bonds. The van der Waals surface area contributed by atoms with E-state index in [-0.39, 0.29) is 5.75 Å². The first kappa shape index (κ1) is 9.34. The molecule has 1 aliphatic carbocycles. The van der Waals surface area contributed by atoms with E-state index in [1.54, 1.807) is 26.2 Å². The minimum atomic E-state index is -0.791. The lowest BCUT2D eigenvalue weighted by Gasteiger charge is -2.14. The van der Waals surface area contributed by atoms with Gasteiger partial charge in [0.2, 0.25) is 0 Å². The summed E-state index contributed by atoms with van der Waals surface area (Å²) in [4.78, 5) is 0. The first-order chi connectivity index (χ1) is 6.58. The highest BCUT2D eigenvalue weighted by molar-refractivity contribution is 5.51. The predicted octanol–water partition coefficient (Wildman–Crippen LogP) is 1.69. The summed E-state index contributed by atoms with van der Waals surface area (Å²) >= 11 is 0. The van der Waals surface area contributed by atoms with Gasteiger partial charge in [0.15, 0.2) is 0 Å². The van der Waals surface area contributed by atoms with Gasteiger partial charge in [-0.2, -0.15) is 0 Å². The summed E-state index contributed by atoms with van der Waals surface area (Å²) < 4.78 is 5.07. The van der Waals surface area contributed by atoms with Crippen LogP contribution in [0.3, 0.4) is 0 Å². The van der Waals surface area contributed by atoms with Crippen LogP contribution in [0.5, 0.6) is 11.5 Å². The Kier molecular flexibility index (Phi) is 1.93. The van der Waals surface area contributed by atoms with Crippen LogP contribution in [0, 0.1) is 6.92 Å². The Morgan fingerprint density at radius 1 is 1.36 bits per heavy atom. The molecule has 0 radical (unpaired) electrons. The van der Waals surface area contributed by atoms with Crippen LogP contribution in [0.4, 0.5) is 0 Å². The van der Waals surface area contributed by atoms with Gasteiger partial charge in [-0.1, -0.05) is 0 Å². The van der Waals surface area contributed by atoms with Crippen LogP contribution in [0.25, 0.3) is 0 Å². The van der Waals surface area contributed by atoms with E-state index in [0.717, 1.165) is 12.8 Å². The van der Waals surface area contributed by atoms with Crippen LogP contribution in [0.1, 0.15) is 24.0 Å². The number of hydrogen-bond acceptors (Lipinski definition) is 3. The molecular formula is C11H14O3. The van der Waals surface area contributed by atoms with Gasteiger partial charge in [-0.15, -0.1) is 0 Å². The van der Waals surface area contributed by atoms with E-state index in [2.05, 4.69) is 0 Å². The molecule has 1 aliphatic rings. The second kappa shape index (κ2) is 2.89. The zero-order valence-electron chi connectivity index (χ0n) is 8.37. The van der Waals surface area contributed by atoms with Crippen molar-refractivity contribution in [3.8, 4) is 11.5 Å². The van der Waals surface area contributed by atoms with E-state index >= 15 is 0 Å². The smallest absolute Gasteiger partial charge is 0.128 e. The van der Waals surface area contributed by atoms with Crippen molar-refractivity contribution in [2.45, 2.75) is 25.4 Å². The standard InChI is InChI=1S/C11H14O3/c1-7-9(14-2)4-3-8(10(7)12)11(13)5-6-11/h3-4,12-13H,5-6H2,1-2H3. The molecule has 0 aliphatic heterocycles. The number of benzene rings is 1. The van der Waals surface area contributed by atoms with Crippen LogP contribution in [0.15, 0.2) is 12.1 Å². The lowest BCUT2D eigenvalue weighted by molar-refractivity contribution is 0.147. The van der Waals surface area contributed by atoms with Crippen LogP contribution in [-0.2, 0) is 5.60 Å². The first-order valence-electron chi connectivity index (χ1n) is 4.68. The van der Waals surface area contributed by atoms with Gasteiger partial charge in [0.05, 0.1) is 12.7 Å². The average Bonchev–Trinajstić information content (AvgIpc) is 2.89. The molecule has 0 atom stereocenters. The minimum Gasteiger partial charge on any atom is -0.507 e. The molecule has 0 spiro atoms. The molecule has 76 valence electrons. The van der Waals surface area contributed by atoms with Crippen LogP contribution in [-0.4, -0.2) is 17.3 Å². The summed E-state index contributed by atoms with van der Waals surface area (Å²) in [5, 5.41) is 19.7. The monoisotopic (exact) mass is 194 g/mol. The highest BCUT2D eigenvalue weighted by Crippen LogP contribution is 2.50. The lowest BCUT2D eigenvalue weighted by Crippen LogP contribution is -2.05. The van der Waals surface area contributed by atoms with Gasteiger partial charge in [-0.05, 0) is 31.9 Å². The SMILES string of the molecule is COc1ccc(C2(O)CC2)c(O)c1C. The van der Waals surface area contributed by atoms with Gasteiger partial charge in [0.25, 0.3) is 0 Å². The molecule has 3 heteroatoms. The predicted molar refractivity (Wildman–Crippen MR) is 52.5 cm³/mol. The molecule has 0 saturated heterocycles. The van der Waals surface area contributed by atoms with Crippen molar-refractivity contribution in [1.82, 2.24) is 0 Å². The molecular weight excluding hydrogens is 180 g/mol. The van der Waals surface area contributed by atoms with Crippen LogP contribution in [0.2, 0.25) is 0 Å². The molecule has 0 bridgehead atoms. The van der Waals surface area contributed by atoms with Gasteiger partial charge in [0.1, 0.15) is 11.5 Å². The topological polar surface area (TPSA) is 49.7 Å². The number of aliphatic hydroxyl groups is 1. The Balaban J connectivity index is 2.49. The molecule has 1 aromatic rings. The second-order valence-corrected chi connectivity index (χ2v) is 3.82. The fourth-order valence-corrected chi connectivity index (χ4v) is 1.67. The molecule has 1 saturated carbocycles. The van der Waals surface area contributed by atoms with Crippen molar-refractivity contribution in [2.24, 2.45) is 0 Å². The zero-order chi connectivity index (χ0) is 10.3. The summed E-state index contributed by atoms with van der Waals surface area (Å²) in [5.41, 5.74) is 0.516. The molecule has 0 unspecified atom stereocenters. The third-order valence-corrected chi connectivity index (χ3v) is 2.83. The summed E-state index contributed by atoms with van der Waals surface area (Å²) in [6.07, 6.45) is 1.46. The van der Waals surface area contributed by atoms with Gasteiger partial charge < -0.3 is 14.9 Å². The van der Waals surface area contributed by atoms with E-state index in [9.17, 15) is 10.2 Å². The largest absolute Gasteiger partial charge is 0.507 e. The van der Waals surface area contributed by atoms with Crippen molar-refractivity contribution in [3.05, 3.63) is 23.3 Å². The van der Waals surface area contributed by atoms with E-state index in [4.69, 9.17) is 4.74 Å². The Morgan fingerprint density at radius 3 is 2.50 bits per heavy atom. The number of rotatable bonds is 2. The quantitative estimate of drug-likeness (QED) is 0.753. The van der Waals surface area contributed by atoms with E-state index in [0.29, 0.717) is 16.9 Å². The normalized spacial score (nSPS) is 17.9. The highest BCUT2D eigenvalue weighted by Gasteiger charge is 2.44. The summed E-state index contributed by atoms with van der Waals surface area (Å²) in [6.45, 7) is 1.78. The number of ether oxygens (including phenoxy) is 1. The third-order valence-electron chi connectivity index (χ3n) is 2.83. The Hall–Kier alpha value is -1.22. The van der Waals surface area contributed by atoms with Gasteiger partial charge in [-0.25, -0.2) is 0 Å². The van der Waals surface area contributed by atoms with Crippen LogP contribution < -0.4 is 4.74 Å². The average molecular weight is 194 g/mol. The first-order valence-corrected chi connectivity index (χ1v) is 4.68. The number of hydrogen-bond donors (Lipinski definition) is 2. The Morgan fingerprint density at radius 2 is 2.00 bits per heavy atom. The fourth-order valence-electron chi connectivity index (χ4n) is 1.67. The number of phenolic OH excluding ortho intramolecular Hbond substituents is 1. The summed E-state index contributed by atoms with van der Waals surface area (Å²) in [7, 11) is 1.56. The fraction of sp³-hybridized carbons (Fsp3) is 0.455. The zero-order valence-corrected chi connectivity index (χ0v) is 8.37. The Labute approximate surface area is 83.0 Å². The third kappa shape index (κ3) is 1.24. The maximum Gasteiger partial charge on any atom is 0.128 e. The Bertz CT molecular complexity index is 367. The van der Waals surface area contributed by atoms with Gasteiger partial charge >= 0.3 is 0 Å². The summed E-state index contributed by atoms with van der Waals surface area (Å²) in [6, 6.07) is 3.51. The second-order valence-electron chi connectivity index (χ2n) is 3.82. The van der Waals surface area contributed by atoms with Crippen molar-refractivity contribution in [2.75, 3.05) is 7.11 Å². The van der Waals surface area contributed by atoms with Crippen molar-refractivity contribution in [3.63, 3.8) is 0 Å². The van der Waals surface area contributed by atoms with Crippen molar-refractivity contribution in [1.29, 1.82) is 0 Å². The molecule has 1 fully saturated rings. The molecule has 0 heterocycles.